The van der Waals surface area contributed by atoms with Crippen LogP contribution in [0.3, 0.4) is 0 Å². The van der Waals surface area contributed by atoms with Crippen LogP contribution in [-0.2, 0) is 4.74 Å². The highest BCUT2D eigenvalue weighted by molar-refractivity contribution is 5.68. The van der Waals surface area contributed by atoms with Gasteiger partial charge in [-0.25, -0.2) is 4.79 Å². The van der Waals surface area contributed by atoms with E-state index in [1.807, 2.05) is 52.8 Å². The number of hydrogen-bond donors (Lipinski definition) is 0. The third kappa shape index (κ3) is 4.13. The van der Waals surface area contributed by atoms with Crippen molar-refractivity contribution < 1.29 is 14.3 Å². The second-order valence-electron chi connectivity index (χ2n) is 6.68. The highest BCUT2D eigenvalue weighted by Gasteiger charge is 2.31. The maximum atomic E-state index is 12.0. The van der Waals surface area contributed by atoms with Crippen LogP contribution in [0.25, 0.3) is 0 Å². The number of aryl methyl sites for hydroxylation is 2. The van der Waals surface area contributed by atoms with Gasteiger partial charge in [0.25, 0.3) is 0 Å². The Balaban J connectivity index is 1.95. The molecule has 0 aliphatic carbocycles. The average Bonchev–Trinajstić information content (AvgIpc) is 2.80. The van der Waals surface area contributed by atoms with E-state index in [1.54, 1.807) is 4.90 Å². The van der Waals surface area contributed by atoms with Gasteiger partial charge in [-0.1, -0.05) is 18.2 Å². The second-order valence-corrected chi connectivity index (χ2v) is 6.68. The summed E-state index contributed by atoms with van der Waals surface area (Å²) in [6, 6.07) is 6.12. The molecule has 0 spiro atoms. The molecule has 21 heavy (non-hydrogen) atoms. The van der Waals surface area contributed by atoms with Crippen molar-refractivity contribution in [2.75, 3.05) is 13.1 Å². The fourth-order valence-electron chi connectivity index (χ4n) is 2.47. The smallest absolute Gasteiger partial charge is 0.410 e. The van der Waals surface area contributed by atoms with E-state index < -0.39 is 5.60 Å². The van der Waals surface area contributed by atoms with Crippen LogP contribution in [-0.4, -0.2) is 35.8 Å². The molecular weight excluding hydrogens is 266 g/mol. The molecular formula is C17H25NO3. The molecule has 4 heteroatoms. The van der Waals surface area contributed by atoms with E-state index in [9.17, 15) is 4.79 Å². The summed E-state index contributed by atoms with van der Waals surface area (Å²) in [5.41, 5.74) is 1.80. The zero-order valence-corrected chi connectivity index (χ0v) is 13.6. The van der Waals surface area contributed by atoms with Crippen LogP contribution >= 0.6 is 0 Å². The molecule has 0 aromatic heterocycles. The van der Waals surface area contributed by atoms with Gasteiger partial charge in [0.05, 0.1) is 6.54 Å². The molecule has 1 fully saturated rings. The van der Waals surface area contributed by atoms with Crippen molar-refractivity contribution in [2.24, 2.45) is 0 Å². The van der Waals surface area contributed by atoms with E-state index in [0.717, 1.165) is 23.3 Å². The number of carbonyl (C=O) groups excluding carboxylic acids is 1. The van der Waals surface area contributed by atoms with Crippen LogP contribution in [0.15, 0.2) is 18.2 Å². The van der Waals surface area contributed by atoms with Gasteiger partial charge in [0.15, 0.2) is 0 Å². The number of benzene rings is 1. The lowest BCUT2D eigenvalue weighted by molar-refractivity contribution is 0.0275. The second kappa shape index (κ2) is 5.96. The van der Waals surface area contributed by atoms with Crippen LogP contribution in [0.1, 0.15) is 38.3 Å². The molecule has 1 saturated heterocycles. The molecule has 0 saturated carbocycles. The minimum atomic E-state index is -0.456. The summed E-state index contributed by atoms with van der Waals surface area (Å²) in [7, 11) is 0. The van der Waals surface area contributed by atoms with Crippen LogP contribution in [0.5, 0.6) is 5.75 Å². The van der Waals surface area contributed by atoms with Gasteiger partial charge in [-0.15, -0.1) is 0 Å². The fraction of sp³-hybridized carbons (Fsp3) is 0.588. The van der Waals surface area contributed by atoms with Crippen molar-refractivity contribution >= 4 is 6.09 Å². The summed E-state index contributed by atoms with van der Waals surface area (Å²) in [5, 5.41) is 0. The van der Waals surface area contributed by atoms with E-state index in [4.69, 9.17) is 9.47 Å². The molecule has 2 rings (SSSR count). The lowest BCUT2D eigenvalue weighted by Gasteiger charge is -2.24. The Morgan fingerprint density at radius 2 is 1.86 bits per heavy atom. The standard InChI is InChI=1S/C17H25NO3/c1-12-7-6-8-13(2)15(12)20-14-9-10-18(11-14)16(19)21-17(3,4)5/h6-8,14H,9-11H2,1-5H3. The number of para-hydroxylation sites is 1. The molecule has 0 radical (unpaired) electrons. The van der Waals surface area contributed by atoms with Crippen molar-refractivity contribution in [3.05, 3.63) is 29.3 Å². The van der Waals surface area contributed by atoms with Crippen molar-refractivity contribution in [3.63, 3.8) is 0 Å². The highest BCUT2D eigenvalue weighted by atomic mass is 16.6. The number of carbonyl (C=O) groups is 1. The molecule has 0 bridgehead atoms. The first-order valence-electron chi connectivity index (χ1n) is 7.47. The first kappa shape index (κ1) is 15.7. The number of amides is 1. The predicted molar refractivity (Wildman–Crippen MR) is 82.8 cm³/mol. The van der Waals surface area contributed by atoms with Crippen molar-refractivity contribution in [2.45, 2.75) is 52.7 Å². The molecule has 1 aromatic rings. The summed E-state index contributed by atoms with van der Waals surface area (Å²) in [4.78, 5) is 13.8. The van der Waals surface area contributed by atoms with E-state index in [1.165, 1.54) is 0 Å². The summed E-state index contributed by atoms with van der Waals surface area (Å²) >= 11 is 0. The normalized spacial score (nSPS) is 18.7. The average molecular weight is 291 g/mol. The SMILES string of the molecule is Cc1cccc(C)c1OC1CCN(C(=O)OC(C)(C)C)C1. The maximum absolute atomic E-state index is 12.0. The molecule has 1 unspecified atom stereocenters. The molecule has 116 valence electrons. The predicted octanol–water partition coefficient (Wildman–Crippen LogP) is 3.69. The third-order valence-corrected chi connectivity index (χ3v) is 3.49. The van der Waals surface area contributed by atoms with Gasteiger partial charge in [-0.2, -0.15) is 0 Å². The maximum Gasteiger partial charge on any atom is 0.410 e. The fourth-order valence-corrected chi connectivity index (χ4v) is 2.47. The zero-order valence-electron chi connectivity index (χ0n) is 13.6. The molecule has 0 N–H and O–H groups in total. The minimum absolute atomic E-state index is 0.0392. The van der Waals surface area contributed by atoms with Crippen LogP contribution < -0.4 is 4.74 Å². The number of nitrogens with zero attached hydrogens (tertiary/aromatic N) is 1. The monoisotopic (exact) mass is 291 g/mol. The highest BCUT2D eigenvalue weighted by Crippen LogP contribution is 2.26. The van der Waals surface area contributed by atoms with Crippen LogP contribution in [0.4, 0.5) is 4.79 Å². The Labute approximate surface area is 127 Å². The van der Waals surface area contributed by atoms with Gasteiger partial charge in [0.2, 0.25) is 0 Å². The van der Waals surface area contributed by atoms with Crippen molar-refractivity contribution in [1.29, 1.82) is 0 Å². The van der Waals surface area contributed by atoms with Gasteiger partial charge < -0.3 is 14.4 Å². The minimum Gasteiger partial charge on any atom is -0.488 e. The summed E-state index contributed by atoms with van der Waals surface area (Å²) in [6.45, 7) is 11.0. The van der Waals surface area contributed by atoms with E-state index >= 15 is 0 Å². The topological polar surface area (TPSA) is 38.8 Å². The Kier molecular flexibility index (Phi) is 4.45. The molecule has 1 amide bonds. The molecule has 4 nitrogen and oxygen atoms in total. The lowest BCUT2D eigenvalue weighted by Crippen LogP contribution is -2.36. The Bertz CT molecular complexity index is 499. The van der Waals surface area contributed by atoms with Crippen molar-refractivity contribution in [1.82, 2.24) is 4.90 Å². The number of rotatable bonds is 2. The number of likely N-dealkylation sites (tertiary alicyclic amines) is 1. The van der Waals surface area contributed by atoms with E-state index in [2.05, 4.69) is 0 Å². The van der Waals surface area contributed by atoms with E-state index in [-0.39, 0.29) is 12.2 Å². The zero-order chi connectivity index (χ0) is 15.6. The van der Waals surface area contributed by atoms with Crippen LogP contribution in [0.2, 0.25) is 0 Å². The Morgan fingerprint density at radius 3 is 2.43 bits per heavy atom. The number of hydrogen-bond acceptors (Lipinski definition) is 3. The first-order valence-corrected chi connectivity index (χ1v) is 7.47. The summed E-state index contributed by atoms with van der Waals surface area (Å²) < 4.78 is 11.5. The van der Waals surface area contributed by atoms with Crippen LogP contribution in [0, 0.1) is 13.8 Å². The Hall–Kier alpha value is -1.71. The molecule has 1 aromatic carbocycles. The van der Waals surface area contributed by atoms with Gasteiger partial charge >= 0.3 is 6.09 Å². The van der Waals surface area contributed by atoms with E-state index in [0.29, 0.717) is 13.1 Å². The molecule has 1 atom stereocenters. The largest absolute Gasteiger partial charge is 0.488 e. The van der Waals surface area contributed by atoms with Gasteiger partial charge in [0.1, 0.15) is 17.5 Å². The summed E-state index contributed by atoms with van der Waals surface area (Å²) in [5.74, 6) is 0.938. The summed E-state index contributed by atoms with van der Waals surface area (Å²) in [6.07, 6.45) is 0.625. The Morgan fingerprint density at radius 1 is 1.24 bits per heavy atom. The van der Waals surface area contributed by atoms with Gasteiger partial charge in [0, 0.05) is 13.0 Å². The quantitative estimate of drug-likeness (QED) is 0.834. The third-order valence-electron chi connectivity index (χ3n) is 3.49. The van der Waals surface area contributed by atoms with Gasteiger partial charge in [-0.05, 0) is 45.7 Å². The van der Waals surface area contributed by atoms with Crippen molar-refractivity contribution in [3.8, 4) is 5.75 Å². The molecule has 1 heterocycles. The van der Waals surface area contributed by atoms with Gasteiger partial charge in [-0.3, -0.25) is 0 Å². The lowest BCUT2D eigenvalue weighted by atomic mass is 10.1. The molecule has 1 aliphatic rings. The molecule has 1 aliphatic heterocycles. The first-order chi connectivity index (χ1) is 9.76. The number of ether oxygens (including phenoxy) is 2.